The standard InChI is InChI=1S/C14H15N3O3S/c1-17-10(14(19)20)6-12(16-17)15-13(18)9-7-21-11-5-3-2-4-8(9)11/h6-7H,2-5H2,1H3,(H,19,20)(H,15,16,18). The van der Waals surface area contributed by atoms with E-state index in [4.69, 9.17) is 5.11 Å². The number of nitrogens with one attached hydrogen (secondary N) is 1. The summed E-state index contributed by atoms with van der Waals surface area (Å²) in [7, 11) is 1.53. The average molecular weight is 305 g/mol. The molecule has 2 heterocycles. The summed E-state index contributed by atoms with van der Waals surface area (Å²) in [5, 5.41) is 17.5. The first-order valence-electron chi connectivity index (χ1n) is 6.74. The lowest BCUT2D eigenvalue weighted by molar-refractivity contribution is 0.0684. The lowest BCUT2D eigenvalue weighted by Gasteiger charge is -2.12. The van der Waals surface area contributed by atoms with E-state index >= 15 is 0 Å². The Balaban J connectivity index is 1.82. The summed E-state index contributed by atoms with van der Waals surface area (Å²) < 4.78 is 1.24. The van der Waals surface area contributed by atoms with Gasteiger partial charge in [-0.1, -0.05) is 0 Å². The second-order valence-corrected chi connectivity index (χ2v) is 6.02. The van der Waals surface area contributed by atoms with Crippen LogP contribution in [-0.4, -0.2) is 26.8 Å². The van der Waals surface area contributed by atoms with Crippen LogP contribution in [0.15, 0.2) is 11.4 Å². The van der Waals surface area contributed by atoms with E-state index in [-0.39, 0.29) is 17.4 Å². The predicted octanol–water partition coefficient (Wildman–Crippen LogP) is 2.31. The summed E-state index contributed by atoms with van der Waals surface area (Å²) in [6.07, 6.45) is 4.26. The van der Waals surface area contributed by atoms with E-state index in [1.807, 2.05) is 5.38 Å². The highest BCUT2D eigenvalue weighted by atomic mass is 32.1. The topological polar surface area (TPSA) is 84.2 Å². The Morgan fingerprint density at radius 3 is 2.86 bits per heavy atom. The Labute approximate surface area is 125 Å². The highest BCUT2D eigenvalue weighted by Crippen LogP contribution is 2.30. The number of hydrogen-bond acceptors (Lipinski definition) is 4. The number of aromatic nitrogens is 2. The molecule has 0 saturated heterocycles. The van der Waals surface area contributed by atoms with Crippen LogP contribution in [-0.2, 0) is 19.9 Å². The van der Waals surface area contributed by atoms with E-state index in [1.54, 1.807) is 11.3 Å². The van der Waals surface area contributed by atoms with Crippen molar-refractivity contribution in [1.82, 2.24) is 9.78 Å². The van der Waals surface area contributed by atoms with Gasteiger partial charge in [-0.05, 0) is 31.2 Å². The van der Waals surface area contributed by atoms with Crippen molar-refractivity contribution in [3.63, 3.8) is 0 Å². The minimum absolute atomic E-state index is 0.0395. The van der Waals surface area contributed by atoms with Gasteiger partial charge in [-0.25, -0.2) is 4.79 Å². The zero-order valence-electron chi connectivity index (χ0n) is 11.5. The summed E-state index contributed by atoms with van der Waals surface area (Å²) in [4.78, 5) is 24.6. The van der Waals surface area contributed by atoms with Gasteiger partial charge in [0.2, 0.25) is 0 Å². The molecule has 0 unspecified atom stereocenters. The molecular weight excluding hydrogens is 290 g/mol. The quantitative estimate of drug-likeness (QED) is 0.911. The molecule has 1 aliphatic rings. The second kappa shape index (κ2) is 5.33. The fraction of sp³-hybridized carbons (Fsp3) is 0.357. The molecule has 2 N–H and O–H groups in total. The smallest absolute Gasteiger partial charge is 0.354 e. The highest BCUT2D eigenvalue weighted by molar-refractivity contribution is 7.10. The molecule has 6 nitrogen and oxygen atoms in total. The monoisotopic (exact) mass is 305 g/mol. The molecule has 3 rings (SSSR count). The first kappa shape index (κ1) is 13.8. The zero-order valence-corrected chi connectivity index (χ0v) is 12.4. The van der Waals surface area contributed by atoms with Gasteiger partial charge in [0.25, 0.3) is 5.91 Å². The highest BCUT2D eigenvalue weighted by Gasteiger charge is 2.21. The third kappa shape index (κ3) is 2.56. The van der Waals surface area contributed by atoms with Crippen molar-refractivity contribution >= 4 is 29.0 Å². The normalized spacial score (nSPS) is 13.8. The van der Waals surface area contributed by atoms with Crippen molar-refractivity contribution in [1.29, 1.82) is 0 Å². The van der Waals surface area contributed by atoms with E-state index in [2.05, 4.69) is 10.4 Å². The minimum Gasteiger partial charge on any atom is -0.477 e. The number of carboxylic acids is 1. The number of anilines is 1. The number of amides is 1. The van der Waals surface area contributed by atoms with Crippen LogP contribution in [0.4, 0.5) is 5.82 Å². The first-order valence-corrected chi connectivity index (χ1v) is 7.62. The molecule has 0 bridgehead atoms. The molecule has 2 aromatic heterocycles. The molecule has 0 fully saturated rings. The summed E-state index contributed by atoms with van der Waals surface area (Å²) in [5.41, 5.74) is 1.87. The van der Waals surface area contributed by atoms with Gasteiger partial charge in [0, 0.05) is 23.4 Å². The van der Waals surface area contributed by atoms with Crippen LogP contribution in [0.1, 0.15) is 44.1 Å². The lowest BCUT2D eigenvalue weighted by Crippen LogP contribution is -2.15. The number of hydrogen-bond donors (Lipinski definition) is 2. The molecule has 0 aromatic carbocycles. The zero-order chi connectivity index (χ0) is 15.0. The molecule has 0 atom stereocenters. The Hall–Kier alpha value is -2.15. The Morgan fingerprint density at radius 2 is 2.14 bits per heavy atom. The van der Waals surface area contributed by atoms with Gasteiger partial charge in [-0.2, -0.15) is 5.10 Å². The number of carbonyl (C=O) groups excluding carboxylic acids is 1. The molecule has 1 aliphatic carbocycles. The molecule has 0 radical (unpaired) electrons. The number of nitrogens with zero attached hydrogens (tertiary/aromatic N) is 2. The number of carbonyl (C=O) groups is 2. The van der Waals surface area contributed by atoms with Gasteiger partial charge < -0.3 is 10.4 Å². The molecular formula is C14H15N3O3S. The maximum Gasteiger partial charge on any atom is 0.354 e. The number of thiophene rings is 1. The van der Waals surface area contributed by atoms with E-state index in [9.17, 15) is 9.59 Å². The van der Waals surface area contributed by atoms with Crippen LogP contribution in [0.2, 0.25) is 0 Å². The summed E-state index contributed by atoms with van der Waals surface area (Å²) in [6, 6.07) is 1.36. The number of aromatic carboxylic acids is 1. The molecule has 21 heavy (non-hydrogen) atoms. The van der Waals surface area contributed by atoms with Crippen molar-refractivity contribution in [3.05, 3.63) is 33.1 Å². The second-order valence-electron chi connectivity index (χ2n) is 5.06. The third-order valence-corrected chi connectivity index (χ3v) is 4.74. The maximum atomic E-state index is 12.3. The molecule has 0 saturated carbocycles. The molecule has 7 heteroatoms. The van der Waals surface area contributed by atoms with Gasteiger partial charge >= 0.3 is 5.97 Å². The van der Waals surface area contributed by atoms with E-state index < -0.39 is 5.97 Å². The van der Waals surface area contributed by atoms with Gasteiger partial charge in [0.15, 0.2) is 5.82 Å². The minimum atomic E-state index is -1.07. The lowest BCUT2D eigenvalue weighted by atomic mass is 9.96. The average Bonchev–Trinajstić information content (AvgIpc) is 3.02. The van der Waals surface area contributed by atoms with E-state index in [0.29, 0.717) is 5.56 Å². The largest absolute Gasteiger partial charge is 0.477 e. The number of fused-ring (bicyclic) bond motifs is 1. The van der Waals surface area contributed by atoms with Crippen molar-refractivity contribution in [2.45, 2.75) is 25.7 Å². The number of rotatable bonds is 3. The molecule has 1 amide bonds. The molecule has 0 spiro atoms. The van der Waals surface area contributed by atoms with Gasteiger partial charge in [0.1, 0.15) is 5.69 Å². The van der Waals surface area contributed by atoms with E-state index in [1.165, 1.54) is 29.1 Å². The van der Waals surface area contributed by atoms with Crippen molar-refractivity contribution in [3.8, 4) is 0 Å². The number of carboxylic acid groups (broad SMARTS) is 1. The Kier molecular flexibility index (Phi) is 3.50. The molecule has 110 valence electrons. The van der Waals surface area contributed by atoms with Crippen LogP contribution in [0, 0.1) is 0 Å². The van der Waals surface area contributed by atoms with Crippen LogP contribution in [0.25, 0.3) is 0 Å². The Morgan fingerprint density at radius 1 is 1.38 bits per heavy atom. The summed E-state index contributed by atoms with van der Waals surface area (Å²) in [5.74, 6) is -1.03. The maximum absolute atomic E-state index is 12.3. The van der Waals surface area contributed by atoms with Gasteiger partial charge in [0.05, 0.1) is 5.56 Å². The van der Waals surface area contributed by atoms with E-state index in [0.717, 1.165) is 24.8 Å². The third-order valence-electron chi connectivity index (χ3n) is 3.65. The van der Waals surface area contributed by atoms with Crippen LogP contribution >= 0.6 is 11.3 Å². The molecule has 2 aromatic rings. The van der Waals surface area contributed by atoms with Gasteiger partial charge in [-0.3, -0.25) is 9.48 Å². The van der Waals surface area contributed by atoms with Crippen molar-refractivity contribution in [2.24, 2.45) is 7.05 Å². The van der Waals surface area contributed by atoms with Crippen LogP contribution in [0.5, 0.6) is 0 Å². The fourth-order valence-corrected chi connectivity index (χ4v) is 3.72. The van der Waals surface area contributed by atoms with Crippen LogP contribution in [0.3, 0.4) is 0 Å². The fourth-order valence-electron chi connectivity index (χ4n) is 2.60. The number of aryl methyl sites for hydroxylation is 2. The van der Waals surface area contributed by atoms with Crippen molar-refractivity contribution < 1.29 is 14.7 Å². The SMILES string of the molecule is Cn1nc(NC(=O)c2csc3c2CCCC3)cc1C(=O)O. The summed E-state index contributed by atoms with van der Waals surface area (Å²) >= 11 is 1.62. The Bertz CT molecular complexity index is 717. The first-order chi connectivity index (χ1) is 10.1. The van der Waals surface area contributed by atoms with Crippen LogP contribution < -0.4 is 5.32 Å². The summed E-state index contributed by atoms with van der Waals surface area (Å²) in [6.45, 7) is 0. The molecule has 0 aliphatic heterocycles. The predicted molar refractivity (Wildman–Crippen MR) is 79.1 cm³/mol. The van der Waals surface area contributed by atoms with Crippen molar-refractivity contribution in [2.75, 3.05) is 5.32 Å². The van der Waals surface area contributed by atoms with Gasteiger partial charge in [-0.15, -0.1) is 11.3 Å².